The van der Waals surface area contributed by atoms with Crippen molar-refractivity contribution in [2.75, 3.05) is 19.8 Å². The zero-order chi connectivity index (χ0) is 30.4. The molecule has 0 saturated carbocycles. The molecule has 0 aliphatic rings. The van der Waals surface area contributed by atoms with Gasteiger partial charge in [0, 0.05) is 36.2 Å². The number of carbonyl (C=O) groups is 1. The number of hydrogen-bond acceptors (Lipinski definition) is 5. The Morgan fingerprint density at radius 1 is 0.953 bits per heavy atom. The van der Waals surface area contributed by atoms with Crippen LogP contribution in [0, 0.1) is 5.82 Å². The summed E-state index contributed by atoms with van der Waals surface area (Å²) in [6.45, 7) is 6.84. The predicted molar refractivity (Wildman–Crippen MR) is 170 cm³/mol. The van der Waals surface area contributed by atoms with Gasteiger partial charge < -0.3 is 14.0 Å². The first kappa shape index (κ1) is 32.0. The number of carbonyl (C=O) groups excluding carboxylic acids is 1. The Hall–Kier alpha value is -3.88. The van der Waals surface area contributed by atoms with Gasteiger partial charge in [0.05, 0.1) is 35.2 Å². The minimum absolute atomic E-state index is 0.151. The van der Waals surface area contributed by atoms with E-state index in [-0.39, 0.29) is 12.2 Å². The van der Waals surface area contributed by atoms with Crippen LogP contribution in [0.25, 0.3) is 17.2 Å². The molecule has 226 valence electrons. The van der Waals surface area contributed by atoms with Crippen molar-refractivity contribution in [2.24, 2.45) is 0 Å². The van der Waals surface area contributed by atoms with Gasteiger partial charge in [-0.15, -0.1) is 0 Å². The van der Waals surface area contributed by atoms with Gasteiger partial charge in [-0.3, -0.25) is 9.00 Å². The van der Waals surface area contributed by atoms with Gasteiger partial charge in [0.1, 0.15) is 18.2 Å². The molecule has 3 aromatic carbocycles. The lowest BCUT2D eigenvalue weighted by Gasteiger charge is -2.09. The molecule has 0 aliphatic heterocycles. The minimum Gasteiger partial charge on any atom is -0.491 e. The van der Waals surface area contributed by atoms with Gasteiger partial charge in [0.15, 0.2) is 5.78 Å². The van der Waals surface area contributed by atoms with Crippen LogP contribution in [0.4, 0.5) is 4.39 Å². The van der Waals surface area contributed by atoms with E-state index >= 15 is 0 Å². The molecule has 1 heterocycles. The van der Waals surface area contributed by atoms with Crippen molar-refractivity contribution < 1.29 is 22.9 Å². The molecule has 0 fully saturated rings. The lowest BCUT2D eigenvalue weighted by Crippen LogP contribution is -2.07. The molecular weight excluding hydrogens is 563 g/mol. The lowest BCUT2D eigenvalue weighted by atomic mass is 10.0. The van der Waals surface area contributed by atoms with Crippen molar-refractivity contribution in [1.82, 2.24) is 9.55 Å². The van der Waals surface area contributed by atoms with Crippen LogP contribution in [-0.2, 0) is 39.0 Å². The Labute approximate surface area is 256 Å². The van der Waals surface area contributed by atoms with Gasteiger partial charge in [0.2, 0.25) is 0 Å². The third-order valence-corrected chi connectivity index (χ3v) is 8.23. The summed E-state index contributed by atoms with van der Waals surface area (Å²) in [6.07, 6.45) is 9.73. The first-order valence-electron chi connectivity index (χ1n) is 14.7. The van der Waals surface area contributed by atoms with Crippen LogP contribution in [0.5, 0.6) is 5.75 Å². The minimum atomic E-state index is -1.22. The van der Waals surface area contributed by atoms with E-state index in [4.69, 9.17) is 9.47 Å². The Morgan fingerprint density at radius 2 is 1.72 bits per heavy atom. The summed E-state index contributed by atoms with van der Waals surface area (Å²) in [5.74, 6) is 0.581. The van der Waals surface area contributed by atoms with Gasteiger partial charge in [-0.2, -0.15) is 0 Å². The number of hydrogen-bond donors (Lipinski definition) is 0. The standard InChI is InChI=1S/C35H39FN2O4S/c1-3-5-19-41-20-21-42-33-13-9-28(10-14-33)29-11-17-35(36)30(23-29)8-12-32(39)22-27-6-15-34(16-7-27)43(40)25-31-24-37-26-38(31)18-4-2/h6-17,23-24,26H,3-5,18-22,25H2,1-2H3/b12-8+/t43-/m0/s1. The van der Waals surface area contributed by atoms with Crippen molar-refractivity contribution >= 4 is 22.7 Å². The molecule has 43 heavy (non-hydrogen) atoms. The van der Waals surface area contributed by atoms with E-state index in [1.165, 1.54) is 18.2 Å². The molecule has 0 amide bonds. The molecule has 6 nitrogen and oxygen atoms in total. The number of aryl methyl sites for hydroxylation is 1. The van der Waals surface area contributed by atoms with E-state index in [0.29, 0.717) is 29.4 Å². The van der Waals surface area contributed by atoms with Crippen LogP contribution in [0.15, 0.2) is 90.2 Å². The molecule has 1 aromatic heterocycles. The highest BCUT2D eigenvalue weighted by Crippen LogP contribution is 2.25. The van der Waals surface area contributed by atoms with E-state index in [1.54, 1.807) is 36.8 Å². The number of unbranched alkanes of at least 4 members (excludes halogenated alkanes) is 1. The smallest absolute Gasteiger partial charge is 0.160 e. The van der Waals surface area contributed by atoms with Gasteiger partial charge in [-0.1, -0.05) is 50.6 Å². The van der Waals surface area contributed by atoms with Crippen molar-refractivity contribution in [1.29, 1.82) is 0 Å². The van der Waals surface area contributed by atoms with Crippen LogP contribution in [0.2, 0.25) is 0 Å². The average molecular weight is 603 g/mol. The highest BCUT2D eigenvalue weighted by atomic mass is 32.2. The van der Waals surface area contributed by atoms with E-state index < -0.39 is 16.6 Å². The highest BCUT2D eigenvalue weighted by Gasteiger charge is 2.10. The Morgan fingerprint density at radius 3 is 2.47 bits per heavy atom. The number of ketones is 1. The van der Waals surface area contributed by atoms with Crippen LogP contribution < -0.4 is 4.74 Å². The van der Waals surface area contributed by atoms with Crippen molar-refractivity contribution in [2.45, 2.75) is 56.7 Å². The third kappa shape index (κ3) is 9.83. The summed E-state index contributed by atoms with van der Waals surface area (Å²) in [7, 11) is -1.22. The SMILES string of the molecule is CCCCOCCOc1ccc(-c2ccc(F)c(/C=C/C(=O)Cc3ccc([S@@](=O)Cc4cncn4CCC)cc3)c2)cc1. The zero-order valence-electron chi connectivity index (χ0n) is 24.8. The Balaban J connectivity index is 1.31. The number of aromatic nitrogens is 2. The quantitative estimate of drug-likeness (QED) is 0.0929. The van der Waals surface area contributed by atoms with Crippen LogP contribution >= 0.6 is 0 Å². The average Bonchev–Trinajstić information content (AvgIpc) is 3.45. The second-order valence-corrected chi connectivity index (χ2v) is 11.7. The molecule has 0 saturated heterocycles. The number of halogens is 1. The maximum atomic E-state index is 14.6. The number of allylic oxidation sites excluding steroid dienone is 1. The molecule has 8 heteroatoms. The lowest BCUT2D eigenvalue weighted by molar-refractivity contribution is -0.113. The van der Waals surface area contributed by atoms with Crippen molar-refractivity contribution in [3.63, 3.8) is 0 Å². The maximum absolute atomic E-state index is 14.6. The summed E-state index contributed by atoms with van der Waals surface area (Å²) < 4.78 is 40.7. The molecule has 4 aromatic rings. The second kappa shape index (κ2) is 16.7. The van der Waals surface area contributed by atoms with Gasteiger partial charge >= 0.3 is 0 Å². The summed E-state index contributed by atoms with van der Waals surface area (Å²) in [5, 5.41) is 0. The topological polar surface area (TPSA) is 70.4 Å². The van der Waals surface area contributed by atoms with Crippen LogP contribution in [-0.4, -0.2) is 39.4 Å². The maximum Gasteiger partial charge on any atom is 0.160 e. The number of nitrogens with zero attached hydrogens (tertiary/aromatic N) is 2. The van der Waals surface area contributed by atoms with Gasteiger partial charge in [-0.05, 0) is 78.1 Å². The fourth-order valence-electron chi connectivity index (χ4n) is 4.49. The first-order chi connectivity index (χ1) is 21.0. The summed E-state index contributed by atoms with van der Waals surface area (Å²) in [5.41, 5.74) is 3.83. The van der Waals surface area contributed by atoms with E-state index in [2.05, 4.69) is 18.8 Å². The summed E-state index contributed by atoms with van der Waals surface area (Å²) in [6, 6.07) is 19.7. The molecule has 0 N–H and O–H groups in total. The number of rotatable bonds is 17. The molecular formula is C35H39FN2O4S. The monoisotopic (exact) mass is 602 g/mol. The second-order valence-electron chi connectivity index (χ2n) is 10.3. The van der Waals surface area contributed by atoms with Crippen molar-refractivity contribution in [3.8, 4) is 16.9 Å². The Kier molecular flexibility index (Phi) is 12.4. The van der Waals surface area contributed by atoms with Gasteiger partial charge in [0.25, 0.3) is 0 Å². The number of benzene rings is 3. The third-order valence-electron chi connectivity index (χ3n) is 6.88. The first-order valence-corrected chi connectivity index (χ1v) is 16.1. The molecule has 0 bridgehead atoms. The van der Waals surface area contributed by atoms with E-state index in [9.17, 15) is 13.4 Å². The van der Waals surface area contributed by atoms with E-state index in [0.717, 1.165) is 60.5 Å². The molecule has 0 radical (unpaired) electrons. The van der Waals surface area contributed by atoms with Gasteiger partial charge in [-0.25, -0.2) is 9.37 Å². The van der Waals surface area contributed by atoms with Crippen LogP contribution in [0.3, 0.4) is 0 Å². The van der Waals surface area contributed by atoms with E-state index in [1.807, 2.05) is 41.0 Å². The zero-order valence-corrected chi connectivity index (χ0v) is 25.7. The van der Waals surface area contributed by atoms with Crippen LogP contribution in [0.1, 0.15) is 49.9 Å². The Bertz CT molecular complexity index is 1510. The number of imidazole rings is 1. The number of ether oxygens (including phenoxy) is 2. The molecule has 0 spiro atoms. The normalized spacial score (nSPS) is 12.1. The fourth-order valence-corrected chi connectivity index (χ4v) is 5.61. The summed E-state index contributed by atoms with van der Waals surface area (Å²) >= 11 is 0. The van der Waals surface area contributed by atoms with Crippen molar-refractivity contribution in [3.05, 3.63) is 108 Å². The largest absolute Gasteiger partial charge is 0.491 e. The highest BCUT2D eigenvalue weighted by molar-refractivity contribution is 7.84. The summed E-state index contributed by atoms with van der Waals surface area (Å²) in [4.78, 5) is 17.5. The fraction of sp³-hybridized carbons (Fsp3) is 0.314. The molecule has 0 aliphatic carbocycles. The molecule has 1 atom stereocenters. The molecule has 0 unspecified atom stereocenters. The predicted octanol–water partition coefficient (Wildman–Crippen LogP) is 7.43. The molecule has 4 rings (SSSR count).